The van der Waals surface area contributed by atoms with Crippen molar-refractivity contribution in [1.82, 2.24) is 4.98 Å². The van der Waals surface area contributed by atoms with Gasteiger partial charge in [-0.15, -0.1) is 23.1 Å². The normalized spacial score (nSPS) is 17.7. The number of hydrogen-bond donors (Lipinski definition) is 1. The monoisotopic (exact) mass is 305 g/mol. The van der Waals surface area contributed by atoms with Gasteiger partial charge in [0.1, 0.15) is 5.01 Å². The maximum absolute atomic E-state index is 11.3. The number of fused-ring (bicyclic) bond motifs is 1. The molecule has 1 aromatic heterocycles. The van der Waals surface area contributed by atoms with Crippen LogP contribution in [0.25, 0.3) is 0 Å². The lowest BCUT2D eigenvalue weighted by Gasteiger charge is -2.16. The first-order valence-corrected chi connectivity index (χ1v) is 8.43. The number of carboxylic acids is 1. The van der Waals surface area contributed by atoms with Gasteiger partial charge in [0.2, 0.25) is 0 Å². The van der Waals surface area contributed by atoms with E-state index in [1.807, 2.05) is 18.2 Å². The maximum Gasteiger partial charge on any atom is 0.312 e. The van der Waals surface area contributed by atoms with Gasteiger partial charge in [-0.2, -0.15) is 0 Å². The number of aryl methyl sites for hydroxylation is 1. The molecule has 104 valence electrons. The molecule has 0 saturated carbocycles. The molecule has 3 rings (SSSR count). The second-order valence-corrected chi connectivity index (χ2v) is 7.02. The lowest BCUT2D eigenvalue weighted by molar-refractivity contribution is -0.139. The van der Waals surface area contributed by atoms with Crippen LogP contribution in [0.3, 0.4) is 0 Å². The number of aromatic nitrogens is 1. The Kier molecular flexibility index (Phi) is 4.08. The molecule has 1 aliphatic carbocycles. The quantitative estimate of drug-likeness (QED) is 0.869. The third-order valence-electron chi connectivity index (χ3n) is 3.40. The molecule has 0 saturated heterocycles. The highest BCUT2D eigenvalue weighted by molar-refractivity contribution is 7.98. The van der Waals surface area contributed by atoms with E-state index in [9.17, 15) is 9.90 Å². The van der Waals surface area contributed by atoms with Crippen LogP contribution in [0.15, 0.2) is 35.2 Å². The minimum atomic E-state index is -0.737. The standard InChI is InChI=1S/C15H15NO2S2/c17-15(18)11-7-4-8-12-14(11)16-13(20-12)9-19-10-5-2-1-3-6-10/h1-3,5-6,11H,4,7-9H2,(H,17,18). The molecule has 1 N–H and O–H groups in total. The SMILES string of the molecule is O=C(O)C1CCCc2sc(CSc3ccccc3)nc21. The smallest absolute Gasteiger partial charge is 0.312 e. The van der Waals surface area contributed by atoms with Gasteiger partial charge in [0.05, 0.1) is 17.4 Å². The lowest BCUT2D eigenvalue weighted by Crippen LogP contribution is -2.17. The number of benzene rings is 1. The number of carboxylic acid groups (broad SMARTS) is 1. The maximum atomic E-state index is 11.3. The summed E-state index contributed by atoms with van der Waals surface area (Å²) in [6.45, 7) is 0. The largest absolute Gasteiger partial charge is 0.481 e. The Morgan fingerprint density at radius 1 is 1.40 bits per heavy atom. The summed E-state index contributed by atoms with van der Waals surface area (Å²) in [5.41, 5.74) is 0.817. The Hall–Kier alpha value is -1.33. The fourth-order valence-corrected chi connectivity index (χ4v) is 4.52. The van der Waals surface area contributed by atoms with Crippen LogP contribution in [-0.2, 0) is 17.0 Å². The Morgan fingerprint density at radius 3 is 2.95 bits per heavy atom. The Morgan fingerprint density at radius 2 is 2.20 bits per heavy atom. The van der Waals surface area contributed by atoms with Gasteiger partial charge in [0.15, 0.2) is 0 Å². The summed E-state index contributed by atoms with van der Waals surface area (Å²) in [6.07, 6.45) is 2.65. The van der Waals surface area contributed by atoms with Crippen molar-refractivity contribution in [3.05, 3.63) is 45.9 Å². The summed E-state index contributed by atoms with van der Waals surface area (Å²) in [7, 11) is 0. The topological polar surface area (TPSA) is 50.2 Å². The van der Waals surface area contributed by atoms with Crippen molar-refractivity contribution in [1.29, 1.82) is 0 Å². The third-order valence-corrected chi connectivity index (χ3v) is 5.74. The van der Waals surface area contributed by atoms with Gasteiger partial charge in [-0.05, 0) is 31.4 Å². The first-order valence-electron chi connectivity index (χ1n) is 6.63. The summed E-state index contributed by atoms with van der Waals surface area (Å²) >= 11 is 3.43. The van der Waals surface area contributed by atoms with Gasteiger partial charge in [0.25, 0.3) is 0 Å². The van der Waals surface area contributed by atoms with Gasteiger partial charge >= 0.3 is 5.97 Å². The Balaban J connectivity index is 1.74. The van der Waals surface area contributed by atoms with Crippen LogP contribution in [0.2, 0.25) is 0 Å². The highest BCUT2D eigenvalue weighted by atomic mass is 32.2. The van der Waals surface area contributed by atoms with Crippen molar-refractivity contribution in [2.75, 3.05) is 0 Å². The van der Waals surface area contributed by atoms with Crippen LogP contribution < -0.4 is 0 Å². The van der Waals surface area contributed by atoms with E-state index in [2.05, 4.69) is 17.1 Å². The second kappa shape index (κ2) is 5.97. The van der Waals surface area contributed by atoms with Gasteiger partial charge in [0, 0.05) is 9.77 Å². The zero-order valence-electron chi connectivity index (χ0n) is 10.9. The van der Waals surface area contributed by atoms with Crippen LogP contribution in [0.5, 0.6) is 0 Å². The highest BCUT2D eigenvalue weighted by Crippen LogP contribution is 2.36. The van der Waals surface area contributed by atoms with E-state index < -0.39 is 11.9 Å². The van der Waals surface area contributed by atoms with E-state index in [1.165, 1.54) is 9.77 Å². The summed E-state index contributed by atoms with van der Waals surface area (Å²) in [5, 5.41) is 10.3. The minimum Gasteiger partial charge on any atom is -0.481 e. The van der Waals surface area contributed by atoms with Gasteiger partial charge in [-0.25, -0.2) is 4.98 Å². The molecule has 3 nitrogen and oxygen atoms in total. The van der Waals surface area contributed by atoms with Gasteiger partial charge in [-0.1, -0.05) is 18.2 Å². The van der Waals surface area contributed by atoms with Crippen LogP contribution >= 0.6 is 23.1 Å². The van der Waals surface area contributed by atoms with Crippen molar-refractivity contribution in [2.45, 2.75) is 35.8 Å². The lowest BCUT2D eigenvalue weighted by atomic mass is 9.91. The van der Waals surface area contributed by atoms with Crippen molar-refractivity contribution >= 4 is 29.1 Å². The molecular formula is C15H15NO2S2. The van der Waals surface area contributed by atoms with Crippen molar-refractivity contribution < 1.29 is 9.90 Å². The highest BCUT2D eigenvalue weighted by Gasteiger charge is 2.29. The molecule has 0 fully saturated rings. The predicted molar refractivity (Wildman–Crippen MR) is 81.4 cm³/mol. The fourth-order valence-electron chi connectivity index (χ4n) is 2.43. The van der Waals surface area contributed by atoms with Crippen LogP contribution in [0.1, 0.15) is 34.3 Å². The summed E-state index contributed by atoms with van der Waals surface area (Å²) in [5.74, 6) is -0.322. The number of nitrogens with zero attached hydrogens (tertiary/aromatic N) is 1. The molecule has 0 bridgehead atoms. The van der Waals surface area contributed by atoms with Crippen molar-refractivity contribution in [2.24, 2.45) is 0 Å². The van der Waals surface area contributed by atoms with Gasteiger partial charge < -0.3 is 5.11 Å². The molecule has 1 aromatic carbocycles. The first-order chi connectivity index (χ1) is 9.74. The predicted octanol–water partition coefficient (Wildman–Crippen LogP) is 3.94. The van der Waals surface area contributed by atoms with E-state index >= 15 is 0 Å². The number of rotatable bonds is 4. The zero-order valence-corrected chi connectivity index (χ0v) is 12.5. The second-order valence-electron chi connectivity index (χ2n) is 4.80. The van der Waals surface area contributed by atoms with Crippen LogP contribution in [0.4, 0.5) is 0 Å². The Bertz CT molecular complexity index is 610. The number of thiazole rings is 1. The average Bonchev–Trinajstić information content (AvgIpc) is 2.88. The molecule has 1 aliphatic rings. The third kappa shape index (κ3) is 2.88. The van der Waals surface area contributed by atoms with Gasteiger partial charge in [-0.3, -0.25) is 4.79 Å². The number of carbonyl (C=O) groups is 1. The van der Waals surface area contributed by atoms with Crippen molar-refractivity contribution in [3.8, 4) is 0 Å². The molecule has 0 radical (unpaired) electrons. The number of thioether (sulfide) groups is 1. The van der Waals surface area contributed by atoms with E-state index in [0.29, 0.717) is 0 Å². The molecule has 5 heteroatoms. The van der Waals surface area contributed by atoms with E-state index in [1.54, 1.807) is 23.1 Å². The molecule has 0 amide bonds. The summed E-state index contributed by atoms with van der Waals surface area (Å²) in [4.78, 5) is 18.2. The summed E-state index contributed by atoms with van der Waals surface area (Å²) in [6, 6.07) is 10.2. The minimum absolute atomic E-state index is 0.398. The molecule has 20 heavy (non-hydrogen) atoms. The average molecular weight is 305 g/mol. The molecule has 1 atom stereocenters. The Labute approximate surface area is 126 Å². The molecular weight excluding hydrogens is 290 g/mol. The fraction of sp³-hybridized carbons (Fsp3) is 0.333. The molecule has 0 aliphatic heterocycles. The zero-order chi connectivity index (χ0) is 13.9. The first kappa shape index (κ1) is 13.6. The van der Waals surface area contributed by atoms with E-state index in [0.717, 1.165) is 35.7 Å². The van der Waals surface area contributed by atoms with E-state index in [4.69, 9.17) is 0 Å². The molecule has 1 unspecified atom stereocenters. The van der Waals surface area contributed by atoms with E-state index in [-0.39, 0.29) is 0 Å². The van der Waals surface area contributed by atoms with Crippen molar-refractivity contribution in [3.63, 3.8) is 0 Å². The molecule has 2 aromatic rings. The molecule has 0 spiro atoms. The van der Waals surface area contributed by atoms with Crippen LogP contribution in [-0.4, -0.2) is 16.1 Å². The molecule has 1 heterocycles. The van der Waals surface area contributed by atoms with Crippen LogP contribution in [0, 0.1) is 0 Å². The number of aliphatic carboxylic acids is 1. The summed E-state index contributed by atoms with van der Waals surface area (Å²) < 4.78 is 0. The number of hydrogen-bond acceptors (Lipinski definition) is 4.